The number of halogens is 2. The van der Waals surface area contributed by atoms with Crippen molar-refractivity contribution in [3.05, 3.63) is 29.0 Å². The van der Waals surface area contributed by atoms with Crippen molar-refractivity contribution < 1.29 is 14.3 Å². The van der Waals surface area contributed by atoms with E-state index in [-0.39, 0.29) is 23.0 Å². The summed E-state index contributed by atoms with van der Waals surface area (Å²) in [5.74, 6) is -1.30. The Hall–Kier alpha value is -2.02. The lowest BCUT2D eigenvalue weighted by atomic mass is 10.1. The topological polar surface area (TPSA) is 80.9 Å². The highest BCUT2D eigenvalue weighted by Crippen LogP contribution is 2.47. The first-order chi connectivity index (χ1) is 9.53. The van der Waals surface area contributed by atoms with E-state index in [2.05, 4.69) is 15.5 Å². The summed E-state index contributed by atoms with van der Waals surface area (Å²) in [6.07, 6.45) is 1.12. The Labute approximate surface area is 118 Å². The van der Waals surface area contributed by atoms with Crippen molar-refractivity contribution in [3.63, 3.8) is 0 Å². The molecule has 1 aliphatic rings. The van der Waals surface area contributed by atoms with Gasteiger partial charge in [-0.25, -0.2) is 9.07 Å². The molecule has 1 N–H and O–H groups in total. The number of aromatic nitrogens is 4. The summed E-state index contributed by atoms with van der Waals surface area (Å²) in [5.41, 5.74) is -0.762. The molecule has 1 fully saturated rings. The third-order valence-electron chi connectivity index (χ3n) is 3.48. The molecule has 0 spiro atoms. The van der Waals surface area contributed by atoms with Gasteiger partial charge >= 0.3 is 5.97 Å². The average Bonchev–Trinajstić information content (AvgIpc) is 3.04. The van der Waals surface area contributed by atoms with E-state index < -0.39 is 17.2 Å². The van der Waals surface area contributed by atoms with Crippen molar-refractivity contribution in [3.8, 4) is 11.4 Å². The Balaban J connectivity index is 2.01. The van der Waals surface area contributed by atoms with Crippen LogP contribution in [0.5, 0.6) is 0 Å². The summed E-state index contributed by atoms with van der Waals surface area (Å²) in [7, 11) is 0. The number of carboxylic acids is 1. The number of carboxylic acid groups (broad SMARTS) is 1. The van der Waals surface area contributed by atoms with Crippen LogP contribution in [0.25, 0.3) is 11.4 Å². The third kappa shape index (κ3) is 2.03. The molecule has 0 aliphatic heterocycles. The van der Waals surface area contributed by atoms with E-state index in [9.17, 15) is 14.3 Å². The van der Waals surface area contributed by atoms with Crippen molar-refractivity contribution in [1.29, 1.82) is 0 Å². The van der Waals surface area contributed by atoms with Crippen molar-refractivity contribution in [2.45, 2.75) is 19.4 Å². The van der Waals surface area contributed by atoms with Gasteiger partial charge in [-0.1, -0.05) is 17.7 Å². The predicted octanol–water partition coefficient (Wildman–Crippen LogP) is 2.00. The predicted molar refractivity (Wildman–Crippen MR) is 67.5 cm³/mol. The van der Waals surface area contributed by atoms with Crippen LogP contribution in [0.3, 0.4) is 0 Å². The summed E-state index contributed by atoms with van der Waals surface area (Å²) in [4.78, 5) is 11.2. The van der Waals surface area contributed by atoms with E-state index in [1.54, 1.807) is 0 Å². The Morgan fingerprint density at radius 1 is 1.50 bits per heavy atom. The van der Waals surface area contributed by atoms with Crippen LogP contribution in [0.2, 0.25) is 5.02 Å². The molecule has 3 rings (SSSR count). The normalized spacial score (nSPS) is 16.1. The van der Waals surface area contributed by atoms with Gasteiger partial charge in [-0.3, -0.25) is 4.79 Å². The molecule has 0 unspecified atom stereocenters. The zero-order valence-corrected chi connectivity index (χ0v) is 11.0. The molecule has 2 aromatic rings. The standard InChI is InChI=1S/C12H10ClFN4O2/c13-7-2-1-3-8(14)9(7)10-15-16-17-18(10)6-12(4-5-12)11(19)20/h1-3H,4-6H2,(H,19,20). The zero-order valence-electron chi connectivity index (χ0n) is 10.3. The van der Waals surface area contributed by atoms with Gasteiger partial charge in [0.25, 0.3) is 0 Å². The molecule has 1 aromatic heterocycles. The second-order valence-electron chi connectivity index (χ2n) is 4.84. The number of hydrogen-bond donors (Lipinski definition) is 1. The smallest absolute Gasteiger partial charge is 0.311 e. The molecule has 6 nitrogen and oxygen atoms in total. The number of nitrogens with zero attached hydrogens (tertiary/aromatic N) is 4. The molecule has 0 radical (unpaired) electrons. The van der Waals surface area contributed by atoms with Gasteiger partial charge in [-0.15, -0.1) is 5.10 Å². The monoisotopic (exact) mass is 296 g/mol. The van der Waals surface area contributed by atoms with E-state index in [0.717, 1.165) is 0 Å². The van der Waals surface area contributed by atoms with Crippen LogP contribution in [0.4, 0.5) is 4.39 Å². The first-order valence-electron chi connectivity index (χ1n) is 5.97. The Morgan fingerprint density at radius 2 is 2.25 bits per heavy atom. The van der Waals surface area contributed by atoms with E-state index in [1.807, 2.05) is 0 Å². The fourth-order valence-electron chi connectivity index (χ4n) is 2.08. The molecule has 8 heteroatoms. The summed E-state index contributed by atoms with van der Waals surface area (Å²) < 4.78 is 15.2. The summed E-state index contributed by atoms with van der Waals surface area (Å²) in [6.45, 7) is 0.106. The molecule has 1 aromatic carbocycles. The van der Waals surface area contributed by atoms with Crippen LogP contribution >= 0.6 is 11.6 Å². The molecule has 1 saturated carbocycles. The van der Waals surface area contributed by atoms with E-state index in [0.29, 0.717) is 12.8 Å². The first kappa shape index (κ1) is 13.0. The van der Waals surface area contributed by atoms with Crippen LogP contribution < -0.4 is 0 Å². The fraction of sp³-hybridized carbons (Fsp3) is 0.333. The highest BCUT2D eigenvalue weighted by Gasteiger charge is 2.51. The molecule has 104 valence electrons. The van der Waals surface area contributed by atoms with E-state index in [4.69, 9.17) is 11.6 Å². The van der Waals surface area contributed by atoms with Gasteiger partial charge in [0.2, 0.25) is 0 Å². The lowest BCUT2D eigenvalue weighted by molar-refractivity contribution is -0.144. The Morgan fingerprint density at radius 3 is 2.85 bits per heavy atom. The molecule has 0 atom stereocenters. The number of benzene rings is 1. The maximum Gasteiger partial charge on any atom is 0.311 e. The first-order valence-corrected chi connectivity index (χ1v) is 6.35. The summed E-state index contributed by atoms with van der Waals surface area (Å²) >= 11 is 5.98. The molecule has 1 heterocycles. The van der Waals surface area contributed by atoms with Gasteiger partial charge in [-0.05, 0) is 35.4 Å². The van der Waals surface area contributed by atoms with Crippen LogP contribution in [-0.2, 0) is 11.3 Å². The van der Waals surface area contributed by atoms with Crippen LogP contribution in [0, 0.1) is 11.2 Å². The van der Waals surface area contributed by atoms with Crippen LogP contribution in [0.15, 0.2) is 18.2 Å². The second kappa shape index (κ2) is 4.52. The highest BCUT2D eigenvalue weighted by atomic mass is 35.5. The van der Waals surface area contributed by atoms with Crippen LogP contribution in [0.1, 0.15) is 12.8 Å². The number of carbonyl (C=O) groups is 1. The van der Waals surface area contributed by atoms with Crippen molar-refractivity contribution in [1.82, 2.24) is 20.2 Å². The highest BCUT2D eigenvalue weighted by molar-refractivity contribution is 6.33. The largest absolute Gasteiger partial charge is 0.481 e. The molecular formula is C12H10ClFN4O2. The molecule has 0 amide bonds. The second-order valence-corrected chi connectivity index (χ2v) is 5.25. The van der Waals surface area contributed by atoms with Crippen molar-refractivity contribution in [2.24, 2.45) is 5.41 Å². The molecule has 0 bridgehead atoms. The maximum atomic E-state index is 13.9. The number of aliphatic carboxylic acids is 1. The lowest BCUT2D eigenvalue weighted by Gasteiger charge is -2.11. The SMILES string of the molecule is O=C(O)C1(Cn2nnnc2-c2c(F)cccc2Cl)CC1. The number of tetrazole rings is 1. The maximum absolute atomic E-state index is 13.9. The van der Waals surface area contributed by atoms with Gasteiger partial charge in [0.05, 0.1) is 22.5 Å². The van der Waals surface area contributed by atoms with Crippen LogP contribution in [-0.4, -0.2) is 31.3 Å². The van der Waals surface area contributed by atoms with Crippen molar-refractivity contribution in [2.75, 3.05) is 0 Å². The van der Waals surface area contributed by atoms with Gasteiger partial charge in [0.15, 0.2) is 5.82 Å². The molecule has 0 saturated heterocycles. The Bertz CT molecular complexity index is 664. The van der Waals surface area contributed by atoms with E-state index in [1.165, 1.54) is 22.9 Å². The van der Waals surface area contributed by atoms with Gasteiger partial charge in [-0.2, -0.15) is 0 Å². The molecule has 1 aliphatic carbocycles. The summed E-state index contributed by atoms with van der Waals surface area (Å²) in [6, 6.07) is 4.27. The zero-order chi connectivity index (χ0) is 14.3. The quantitative estimate of drug-likeness (QED) is 0.933. The van der Waals surface area contributed by atoms with Gasteiger partial charge in [0.1, 0.15) is 5.82 Å². The van der Waals surface area contributed by atoms with E-state index >= 15 is 0 Å². The minimum atomic E-state index is -0.890. The molecule has 20 heavy (non-hydrogen) atoms. The lowest BCUT2D eigenvalue weighted by Crippen LogP contribution is -2.22. The Kier molecular flexibility index (Phi) is 2.93. The fourth-order valence-corrected chi connectivity index (χ4v) is 2.33. The number of hydrogen-bond acceptors (Lipinski definition) is 4. The summed E-state index contributed by atoms with van der Waals surface area (Å²) in [5, 5.41) is 20.4. The number of rotatable bonds is 4. The third-order valence-corrected chi connectivity index (χ3v) is 3.79. The molecular weight excluding hydrogens is 287 g/mol. The van der Waals surface area contributed by atoms with Gasteiger partial charge in [0, 0.05) is 0 Å². The minimum Gasteiger partial charge on any atom is -0.481 e. The van der Waals surface area contributed by atoms with Crippen molar-refractivity contribution >= 4 is 17.6 Å². The minimum absolute atomic E-state index is 0.0837. The van der Waals surface area contributed by atoms with Gasteiger partial charge < -0.3 is 5.11 Å². The average molecular weight is 297 g/mol.